The number of hydrogen-bond acceptors (Lipinski definition) is 2. The van der Waals surface area contributed by atoms with Gasteiger partial charge < -0.3 is 10.6 Å². The monoisotopic (exact) mass is 336 g/mol. The second kappa shape index (κ2) is 5.58. The first-order valence-corrected chi connectivity index (χ1v) is 5.97. The van der Waals surface area contributed by atoms with Crippen LogP contribution < -0.4 is 5.73 Å². The van der Waals surface area contributed by atoms with Crippen molar-refractivity contribution in [3.05, 3.63) is 33.1 Å². The lowest BCUT2D eigenvalue weighted by molar-refractivity contribution is 0.0747. The summed E-state index contributed by atoms with van der Waals surface area (Å²) in [7, 11) is 1.69. The Kier molecular flexibility index (Phi) is 4.67. The Morgan fingerprint density at radius 1 is 1.62 bits per heavy atom. The molecule has 5 heteroatoms. The summed E-state index contributed by atoms with van der Waals surface area (Å²) in [4.78, 5) is 13.6. The fourth-order valence-electron chi connectivity index (χ4n) is 1.21. The van der Waals surface area contributed by atoms with Crippen molar-refractivity contribution in [1.29, 1.82) is 0 Å². The van der Waals surface area contributed by atoms with Crippen molar-refractivity contribution in [2.24, 2.45) is 5.73 Å². The van der Waals surface area contributed by atoms with Crippen molar-refractivity contribution >= 4 is 28.5 Å². The van der Waals surface area contributed by atoms with Crippen LogP contribution in [-0.4, -0.2) is 30.4 Å². The Balaban J connectivity index is 2.96. The van der Waals surface area contributed by atoms with Crippen LogP contribution in [0.2, 0.25) is 0 Å². The number of halogens is 2. The van der Waals surface area contributed by atoms with Gasteiger partial charge in [-0.3, -0.25) is 4.79 Å². The molecule has 0 saturated heterocycles. The van der Waals surface area contributed by atoms with E-state index in [1.807, 2.05) is 29.5 Å². The number of nitrogens with zero attached hydrogens (tertiary/aromatic N) is 1. The van der Waals surface area contributed by atoms with E-state index in [1.54, 1.807) is 11.9 Å². The predicted octanol–water partition coefficient (Wildman–Crippen LogP) is 1.85. The van der Waals surface area contributed by atoms with Crippen LogP contribution in [0, 0.1) is 9.39 Å². The molecule has 0 heterocycles. The maximum atomic E-state index is 12.9. The number of amides is 1. The zero-order valence-corrected chi connectivity index (χ0v) is 11.4. The van der Waals surface area contributed by atoms with E-state index in [2.05, 4.69) is 0 Å². The molecule has 0 bridgehead atoms. The van der Waals surface area contributed by atoms with E-state index in [0.29, 0.717) is 15.7 Å². The van der Waals surface area contributed by atoms with Crippen LogP contribution in [0.25, 0.3) is 0 Å². The molecule has 1 aromatic rings. The number of benzene rings is 1. The molecule has 0 radical (unpaired) electrons. The minimum Gasteiger partial charge on any atom is -0.338 e. The number of carbonyl (C=O) groups is 1. The highest BCUT2D eigenvalue weighted by Crippen LogP contribution is 2.16. The molecule has 0 aliphatic heterocycles. The van der Waals surface area contributed by atoms with Crippen molar-refractivity contribution in [2.75, 3.05) is 13.6 Å². The molecule has 0 aliphatic carbocycles. The molecule has 1 rings (SSSR count). The predicted molar refractivity (Wildman–Crippen MR) is 69.7 cm³/mol. The van der Waals surface area contributed by atoms with Gasteiger partial charge in [-0.15, -0.1) is 0 Å². The number of hydrogen-bond donors (Lipinski definition) is 1. The standard InChI is InChI=1S/C11H14FIN2O/c1-7(6-14)15(2)11(16)9-4-3-8(12)5-10(9)13/h3-5,7H,6,14H2,1-2H3. The number of carbonyl (C=O) groups excluding carboxylic acids is 1. The topological polar surface area (TPSA) is 46.3 Å². The van der Waals surface area contributed by atoms with Gasteiger partial charge in [0.15, 0.2) is 0 Å². The van der Waals surface area contributed by atoms with Gasteiger partial charge in [-0.25, -0.2) is 4.39 Å². The van der Waals surface area contributed by atoms with Crippen LogP contribution in [0.1, 0.15) is 17.3 Å². The third-order valence-corrected chi connectivity index (χ3v) is 3.38. The van der Waals surface area contributed by atoms with Gasteiger partial charge in [0.1, 0.15) is 5.82 Å². The lowest BCUT2D eigenvalue weighted by atomic mass is 10.1. The van der Waals surface area contributed by atoms with Gasteiger partial charge in [-0.2, -0.15) is 0 Å². The summed E-state index contributed by atoms with van der Waals surface area (Å²) in [6.45, 7) is 2.27. The second-order valence-electron chi connectivity index (χ2n) is 3.62. The second-order valence-corrected chi connectivity index (χ2v) is 4.79. The highest BCUT2D eigenvalue weighted by Gasteiger charge is 2.18. The Labute approximate surface area is 108 Å². The normalized spacial score (nSPS) is 12.3. The lowest BCUT2D eigenvalue weighted by Gasteiger charge is -2.24. The lowest BCUT2D eigenvalue weighted by Crippen LogP contribution is -2.40. The SMILES string of the molecule is CC(CN)N(C)C(=O)c1ccc(F)cc1I. The molecule has 0 saturated carbocycles. The zero-order chi connectivity index (χ0) is 12.3. The molecule has 2 N–H and O–H groups in total. The van der Waals surface area contributed by atoms with E-state index in [4.69, 9.17) is 5.73 Å². The van der Waals surface area contributed by atoms with Crippen LogP contribution in [0.5, 0.6) is 0 Å². The van der Waals surface area contributed by atoms with Crippen molar-refractivity contribution in [1.82, 2.24) is 4.90 Å². The van der Waals surface area contributed by atoms with Crippen molar-refractivity contribution in [3.63, 3.8) is 0 Å². The molecule has 88 valence electrons. The summed E-state index contributed by atoms with van der Waals surface area (Å²) in [5.74, 6) is -0.474. The summed E-state index contributed by atoms with van der Waals surface area (Å²) in [6.07, 6.45) is 0. The molecule has 0 fully saturated rings. The Morgan fingerprint density at radius 2 is 2.25 bits per heavy atom. The summed E-state index contributed by atoms with van der Waals surface area (Å²) in [5, 5.41) is 0. The largest absolute Gasteiger partial charge is 0.338 e. The van der Waals surface area contributed by atoms with Crippen LogP contribution in [-0.2, 0) is 0 Å². The quantitative estimate of drug-likeness (QED) is 0.857. The third kappa shape index (κ3) is 2.91. The molecule has 16 heavy (non-hydrogen) atoms. The van der Waals surface area contributed by atoms with E-state index < -0.39 is 0 Å². The first-order chi connectivity index (χ1) is 7.47. The smallest absolute Gasteiger partial charge is 0.254 e. The van der Waals surface area contributed by atoms with Gasteiger partial charge >= 0.3 is 0 Å². The van der Waals surface area contributed by atoms with Crippen LogP contribution in [0.15, 0.2) is 18.2 Å². The highest BCUT2D eigenvalue weighted by molar-refractivity contribution is 14.1. The molecular weight excluding hydrogens is 322 g/mol. The maximum Gasteiger partial charge on any atom is 0.254 e. The average Bonchev–Trinajstić information content (AvgIpc) is 2.26. The van der Waals surface area contributed by atoms with Gasteiger partial charge in [0, 0.05) is 23.2 Å². The van der Waals surface area contributed by atoms with Crippen LogP contribution >= 0.6 is 22.6 Å². The van der Waals surface area contributed by atoms with E-state index in [1.165, 1.54) is 18.2 Å². The fourth-order valence-corrected chi connectivity index (χ4v) is 1.92. The summed E-state index contributed by atoms with van der Waals surface area (Å²) in [5.41, 5.74) is 6.00. The average molecular weight is 336 g/mol. The van der Waals surface area contributed by atoms with Gasteiger partial charge in [-0.1, -0.05) is 0 Å². The summed E-state index contributed by atoms with van der Waals surface area (Å²) < 4.78 is 13.5. The molecule has 1 unspecified atom stereocenters. The molecule has 0 aromatic heterocycles. The van der Waals surface area contributed by atoms with Gasteiger partial charge in [-0.05, 0) is 47.7 Å². The van der Waals surface area contributed by atoms with Crippen LogP contribution in [0.3, 0.4) is 0 Å². The highest BCUT2D eigenvalue weighted by atomic mass is 127. The fraction of sp³-hybridized carbons (Fsp3) is 0.364. The number of likely N-dealkylation sites (N-methyl/N-ethyl adjacent to an activating group) is 1. The molecule has 1 amide bonds. The van der Waals surface area contributed by atoms with Gasteiger partial charge in [0.05, 0.1) is 5.56 Å². The Hall–Kier alpha value is -0.690. The minimum absolute atomic E-state index is 0.0339. The number of rotatable bonds is 3. The summed E-state index contributed by atoms with van der Waals surface area (Å²) >= 11 is 1.95. The Morgan fingerprint density at radius 3 is 2.75 bits per heavy atom. The van der Waals surface area contributed by atoms with Crippen LogP contribution in [0.4, 0.5) is 4.39 Å². The molecular formula is C11H14FIN2O. The Bertz CT molecular complexity index is 398. The van der Waals surface area contributed by atoms with Crippen molar-refractivity contribution in [2.45, 2.75) is 13.0 Å². The van der Waals surface area contributed by atoms with E-state index >= 15 is 0 Å². The molecule has 1 aromatic carbocycles. The molecule has 0 aliphatic rings. The first-order valence-electron chi connectivity index (χ1n) is 4.89. The van der Waals surface area contributed by atoms with Crippen molar-refractivity contribution < 1.29 is 9.18 Å². The molecule has 0 spiro atoms. The van der Waals surface area contributed by atoms with Gasteiger partial charge in [0.25, 0.3) is 5.91 Å². The third-order valence-electron chi connectivity index (χ3n) is 2.48. The van der Waals surface area contributed by atoms with E-state index in [-0.39, 0.29) is 17.8 Å². The van der Waals surface area contributed by atoms with Crippen molar-refractivity contribution in [3.8, 4) is 0 Å². The number of nitrogens with two attached hydrogens (primary N) is 1. The molecule has 1 atom stereocenters. The van der Waals surface area contributed by atoms with E-state index in [9.17, 15) is 9.18 Å². The molecule has 3 nitrogen and oxygen atoms in total. The zero-order valence-electron chi connectivity index (χ0n) is 9.21. The first kappa shape index (κ1) is 13.4. The minimum atomic E-state index is -0.338. The van der Waals surface area contributed by atoms with E-state index in [0.717, 1.165) is 0 Å². The van der Waals surface area contributed by atoms with Gasteiger partial charge in [0.2, 0.25) is 0 Å². The maximum absolute atomic E-state index is 12.9. The summed E-state index contributed by atoms with van der Waals surface area (Å²) in [6, 6.07) is 4.10.